The summed E-state index contributed by atoms with van der Waals surface area (Å²) in [5.41, 5.74) is 1.62. The van der Waals surface area contributed by atoms with Crippen molar-refractivity contribution in [3.05, 3.63) is 36.4 Å². The Morgan fingerprint density at radius 2 is 1.96 bits per heavy atom. The standard InChI is InChI=1S/C18H16N4O3S2/c1-23-10-4-6-12(14(8-10)24-2)16-21-22-17(25-16)20-18-19-13-7-5-11(26-3)9-15(13)27-18/h4-9H,1-3H3,(H,19,20,22). The second-order valence-corrected chi connectivity index (χ2v) is 7.37. The second-order valence-electron chi connectivity index (χ2n) is 5.46. The van der Waals surface area contributed by atoms with Gasteiger partial charge < -0.3 is 13.9 Å². The van der Waals surface area contributed by atoms with Crippen molar-refractivity contribution in [3.63, 3.8) is 0 Å². The van der Waals surface area contributed by atoms with Crippen LogP contribution in [0.25, 0.3) is 21.7 Å². The van der Waals surface area contributed by atoms with Crippen molar-refractivity contribution in [2.24, 2.45) is 0 Å². The summed E-state index contributed by atoms with van der Waals surface area (Å²) in [6.45, 7) is 0. The molecule has 2 heterocycles. The molecule has 0 aliphatic rings. The maximum atomic E-state index is 5.74. The molecular formula is C18H16N4O3S2. The van der Waals surface area contributed by atoms with Crippen molar-refractivity contribution in [2.45, 2.75) is 4.90 Å². The highest BCUT2D eigenvalue weighted by Gasteiger charge is 2.15. The molecule has 4 aromatic rings. The molecule has 138 valence electrons. The number of aromatic nitrogens is 3. The fourth-order valence-electron chi connectivity index (χ4n) is 2.53. The summed E-state index contributed by atoms with van der Waals surface area (Å²) in [4.78, 5) is 5.75. The van der Waals surface area contributed by atoms with Gasteiger partial charge in [-0.3, -0.25) is 5.32 Å². The molecule has 0 aliphatic carbocycles. The van der Waals surface area contributed by atoms with Crippen LogP contribution in [0.4, 0.5) is 11.1 Å². The summed E-state index contributed by atoms with van der Waals surface area (Å²) in [6.07, 6.45) is 2.05. The summed E-state index contributed by atoms with van der Waals surface area (Å²) in [6, 6.07) is 11.8. The molecule has 0 spiro atoms. The molecule has 0 aliphatic heterocycles. The maximum absolute atomic E-state index is 5.74. The van der Waals surface area contributed by atoms with E-state index in [1.807, 2.05) is 18.2 Å². The minimum absolute atomic E-state index is 0.270. The van der Waals surface area contributed by atoms with Gasteiger partial charge in [0.25, 0.3) is 5.89 Å². The number of methoxy groups -OCH3 is 2. The van der Waals surface area contributed by atoms with Crippen LogP contribution < -0.4 is 14.8 Å². The van der Waals surface area contributed by atoms with Gasteiger partial charge in [-0.05, 0) is 36.6 Å². The Morgan fingerprint density at radius 1 is 1.07 bits per heavy atom. The number of ether oxygens (including phenoxy) is 2. The number of thiazole rings is 1. The summed E-state index contributed by atoms with van der Waals surface area (Å²) in [7, 11) is 3.18. The number of benzene rings is 2. The molecule has 9 heteroatoms. The van der Waals surface area contributed by atoms with Gasteiger partial charge in [0.15, 0.2) is 5.13 Å². The van der Waals surface area contributed by atoms with Gasteiger partial charge >= 0.3 is 6.01 Å². The number of hydrogen-bond donors (Lipinski definition) is 1. The first-order valence-corrected chi connectivity index (χ1v) is 10.0. The van der Waals surface area contributed by atoms with Gasteiger partial charge in [0.05, 0.1) is 30.0 Å². The summed E-state index contributed by atoms with van der Waals surface area (Å²) >= 11 is 3.24. The molecule has 0 atom stereocenters. The monoisotopic (exact) mass is 400 g/mol. The van der Waals surface area contributed by atoms with Crippen LogP contribution in [0.15, 0.2) is 45.7 Å². The largest absolute Gasteiger partial charge is 0.497 e. The first kappa shape index (κ1) is 17.6. The van der Waals surface area contributed by atoms with Crippen LogP contribution in [0, 0.1) is 0 Å². The van der Waals surface area contributed by atoms with Gasteiger partial charge in [0.2, 0.25) is 0 Å². The quantitative estimate of drug-likeness (QED) is 0.461. The van der Waals surface area contributed by atoms with Crippen LogP contribution in [0.1, 0.15) is 0 Å². The van der Waals surface area contributed by atoms with Crippen LogP contribution >= 0.6 is 23.1 Å². The molecular weight excluding hydrogens is 384 g/mol. The normalized spacial score (nSPS) is 10.9. The van der Waals surface area contributed by atoms with E-state index in [0.29, 0.717) is 28.1 Å². The molecule has 0 bridgehead atoms. The minimum Gasteiger partial charge on any atom is -0.497 e. The lowest BCUT2D eigenvalue weighted by atomic mass is 10.2. The molecule has 0 saturated heterocycles. The predicted octanol–water partition coefficient (Wildman–Crippen LogP) is 4.83. The molecule has 7 nitrogen and oxygen atoms in total. The van der Waals surface area contributed by atoms with Crippen molar-refractivity contribution in [1.82, 2.24) is 15.2 Å². The highest BCUT2D eigenvalue weighted by Crippen LogP contribution is 2.34. The zero-order chi connectivity index (χ0) is 18.8. The van der Waals surface area contributed by atoms with E-state index in [9.17, 15) is 0 Å². The smallest absolute Gasteiger partial charge is 0.322 e. The molecule has 27 heavy (non-hydrogen) atoms. The van der Waals surface area contributed by atoms with E-state index >= 15 is 0 Å². The third-order valence-corrected chi connectivity index (χ3v) is 5.53. The van der Waals surface area contributed by atoms with Crippen LogP contribution in [-0.2, 0) is 0 Å². The Labute approximate surface area is 163 Å². The van der Waals surface area contributed by atoms with Gasteiger partial charge in [-0.1, -0.05) is 16.4 Å². The SMILES string of the molecule is COc1ccc(-c2nnc(Nc3nc4ccc(SC)cc4s3)o2)c(OC)c1. The van der Waals surface area contributed by atoms with Gasteiger partial charge in [0, 0.05) is 11.0 Å². The molecule has 2 aromatic heterocycles. The number of anilines is 2. The van der Waals surface area contributed by atoms with E-state index in [4.69, 9.17) is 13.9 Å². The van der Waals surface area contributed by atoms with E-state index in [1.54, 1.807) is 32.0 Å². The van der Waals surface area contributed by atoms with Crippen molar-refractivity contribution in [3.8, 4) is 23.0 Å². The molecule has 0 fully saturated rings. The molecule has 0 saturated carbocycles. The van der Waals surface area contributed by atoms with Crippen molar-refractivity contribution >= 4 is 44.5 Å². The minimum atomic E-state index is 0.270. The predicted molar refractivity (Wildman–Crippen MR) is 108 cm³/mol. The molecule has 0 unspecified atom stereocenters. The number of thioether (sulfide) groups is 1. The zero-order valence-electron chi connectivity index (χ0n) is 14.8. The maximum Gasteiger partial charge on any atom is 0.322 e. The second kappa shape index (κ2) is 7.45. The number of nitrogens with one attached hydrogen (secondary N) is 1. The van der Waals surface area contributed by atoms with Crippen LogP contribution in [0.5, 0.6) is 11.5 Å². The van der Waals surface area contributed by atoms with E-state index in [2.05, 4.69) is 38.9 Å². The third kappa shape index (κ3) is 3.56. The molecule has 0 amide bonds. The molecule has 1 N–H and O–H groups in total. The van der Waals surface area contributed by atoms with Crippen molar-refractivity contribution in [1.29, 1.82) is 0 Å². The number of nitrogens with zero attached hydrogens (tertiary/aromatic N) is 3. The fourth-order valence-corrected chi connectivity index (χ4v) is 3.94. The van der Waals surface area contributed by atoms with E-state index in [-0.39, 0.29) is 6.01 Å². The van der Waals surface area contributed by atoms with Crippen molar-refractivity contribution < 1.29 is 13.9 Å². The Bertz CT molecular complexity index is 1090. The molecule has 4 rings (SSSR count). The zero-order valence-corrected chi connectivity index (χ0v) is 16.5. The van der Waals surface area contributed by atoms with Crippen LogP contribution in [0.2, 0.25) is 0 Å². The lowest BCUT2D eigenvalue weighted by Gasteiger charge is -2.07. The van der Waals surface area contributed by atoms with Crippen LogP contribution in [-0.4, -0.2) is 35.7 Å². The topological polar surface area (TPSA) is 82.3 Å². The van der Waals surface area contributed by atoms with Gasteiger partial charge in [-0.15, -0.1) is 16.9 Å². The Hall–Kier alpha value is -2.78. The highest BCUT2D eigenvalue weighted by molar-refractivity contribution is 7.98. The average Bonchev–Trinajstić information content (AvgIpc) is 3.33. The average molecular weight is 400 g/mol. The lowest BCUT2D eigenvalue weighted by Crippen LogP contribution is -1.90. The summed E-state index contributed by atoms with van der Waals surface area (Å²) in [5.74, 6) is 1.63. The first-order valence-electron chi connectivity index (χ1n) is 7.97. The summed E-state index contributed by atoms with van der Waals surface area (Å²) in [5, 5.41) is 11.9. The Kier molecular flexibility index (Phi) is 4.87. The fraction of sp³-hybridized carbons (Fsp3) is 0.167. The third-order valence-electron chi connectivity index (χ3n) is 3.87. The Morgan fingerprint density at radius 3 is 2.74 bits per heavy atom. The number of fused-ring (bicyclic) bond motifs is 1. The van der Waals surface area contributed by atoms with Crippen LogP contribution in [0.3, 0.4) is 0 Å². The highest BCUT2D eigenvalue weighted by atomic mass is 32.2. The van der Waals surface area contributed by atoms with Gasteiger partial charge in [-0.2, -0.15) is 0 Å². The van der Waals surface area contributed by atoms with Gasteiger partial charge in [-0.25, -0.2) is 4.98 Å². The number of hydrogen-bond acceptors (Lipinski definition) is 9. The summed E-state index contributed by atoms with van der Waals surface area (Å²) < 4.78 is 17.4. The van der Waals surface area contributed by atoms with E-state index in [0.717, 1.165) is 10.2 Å². The van der Waals surface area contributed by atoms with Gasteiger partial charge in [0.1, 0.15) is 11.5 Å². The Balaban J connectivity index is 1.60. The first-order chi connectivity index (χ1) is 13.2. The lowest BCUT2D eigenvalue weighted by molar-refractivity contribution is 0.394. The van der Waals surface area contributed by atoms with Crippen molar-refractivity contribution in [2.75, 3.05) is 25.8 Å². The van der Waals surface area contributed by atoms with E-state index in [1.165, 1.54) is 16.2 Å². The molecule has 0 radical (unpaired) electrons. The molecule has 2 aromatic carbocycles. The van der Waals surface area contributed by atoms with E-state index < -0.39 is 0 Å². The number of rotatable bonds is 6.